The summed E-state index contributed by atoms with van der Waals surface area (Å²) in [4.78, 5) is 11.8. The first-order valence-electron chi connectivity index (χ1n) is 7.86. The van der Waals surface area contributed by atoms with Gasteiger partial charge in [0.1, 0.15) is 30.5 Å². The van der Waals surface area contributed by atoms with E-state index < -0.39 is 5.97 Å². The summed E-state index contributed by atoms with van der Waals surface area (Å²) in [5, 5.41) is 8.73. The standard InChI is InChI=1S/C20H19NO5/c1-23-18-8-9-19(24-2)16(13-18)5-10-20(22)26-12-11-25-17-6-3-15(14-21)4-7-17/h3-10,13H,11-12H2,1-2H3/b10-5+. The normalized spacial score (nSPS) is 10.2. The van der Waals surface area contributed by atoms with Gasteiger partial charge in [-0.15, -0.1) is 0 Å². The fourth-order valence-corrected chi connectivity index (χ4v) is 2.10. The van der Waals surface area contributed by atoms with E-state index in [2.05, 4.69) is 0 Å². The molecule has 0 unspecified atom stereocenters. The van der Waals surface area contributed by atoms with Crippen molar-refractivity contribution in [2.45, 2.75) is 0 Å². The van der Waals surface area contributed by atoms with Crippen molar-refractivity contribution in [3.05, 3.63) is 59.7 Å². The molecule has 0 aliphatic rings. The lowest BCUT2D eigenvalue weighted by atomic mass is 10.1. The Bertz CT molecular complexity index is 806. The minimum Gasteiger partial charge on any atom is -0.497 e. The molecular formula is C20H19NO5. The molecule has 2 rings (SSSR count). The second-order valence-electron chi connectivity index (χ2n) is 5.09. The summed E-state index contributed by atoms with van der Waals surface area (Å²) < 4.78 is 20.9. The first-order valence-corrected chi connectivity index (χ1v) is 7.86. The summed E-state index contributed by atoms with van der Waals surface area (Å²) >= 11 is 0. The molecule has 6 nitrogen and oxygen atoms in total. The van der Waals surface area contributed by atoms with E-state index >= 15 is 0 Å². The van der Waals surface area contributed by atoms with Crippen LogP contribution in [0.4, 0.5) is 0 Å². The molecule has 0 fully saturated rings. The minimum absolute atomic E-state index is 0.110. The summed E-state index contributed by atoms with van der Waals surface area (Å²) in [6, 6.07) is 14.0. The van der Waals surface area contributed by atoms with Crippen LogP contribution < -0.4 is 14.2 Å². The maximum Gasteiger partial charge on any atom is 0.330 e. The molecule has 2 aromatic rings. The lowest BCUT2D eigenvalue weighted by Crippen LogP contribution is -2.10. The van der Waals surface area contributed by atoms with Crippen LogP contribution in [-0.4, -0.2) is 33.4 Å². The van der Waals surface area contributed by atoms with Gasteiger partial charge in [0, 0.05) is 11.6 Å². The fourth-order valence-electron chi connectivity index (χ4n) is 2.10. The molecule has 0 bridgehead atoms. The topological polar surface area (TPSA) is 77.8 Å². The first-order chi connectivity index (χ1) is 12.7. The first kappa shape index (κ1) is 18.9. The van der Waals surface area contributed by atoms with E-state index in [1.807, 2.05) is 6.07 Å². The molecule has 26 heavy (non-hydrogen) atoms. The Labute approximate surface area is 152 Å². The van der Waals surface area contributed by atoms with Crippen LogP contribution in [0.15, 0.2) is 48.5 Å². The van der Waals surface area contributed by atoms with Crippen LogP contribution in [-0.2, 0) is 9.53 Å². The maximum atomic E-state index is 11.8. The predicted molar refractivity (Wildman–Crippen MR) is 96.2 cm³/mol. The zero-order chi connectivity index (χ0) is 18.8. The van der Waals surface area contributed by atoms with E-state index in [1.54, 1.807) is 62.8 Å². The number of esters is 1. The van der Waals surface area contributed by atoms with Gasteiger partial charge in [0.2, 0.25) is 0 Å². The Kier molecular flexibility index (Phi) is 7.07. The van der Waals surface area contributed by atoms with Crippen molar-refractivity contribution in [1.82, 2.24) is 0 Å². The molecule has 0 aliphatic heterocycles. The highest BCUT2D eigenvalue weighted by Gasteiger charge is 2.04. The molecule has 0 saturated heterocycles. The number of rotatable bonds is 8. The summed E-state index contributed by atoms with van der Waals surface area (Å²) in [5.41, 5.74) is 1.26. The summed E-state index contributed by atoms with van der Waals surface area (Å²) in [6.45, 7) is 0.326. The Hall–Kier alpha value is -3.46. The molecule has 0 heterocycles. The molecule has 0 spiro atoms. The molecule has 0 saturated carbocycles. The zero-order valence-electron chi connectivity index (χ0n) is 14.6. The molecule has 0 radical (unpaired) electrons. The van der Waals surface area contributed by atoms with Crippen molar-refractivity contribution < 1.29 is 23.7 Å². The van der Waals surface area contributed by atoms with Crippen LogP contribution in [0.2, 0.25) is 0 Å². The van der Waals surface area contributed by atoms with E-state index in [4.69, 9.17) is 24.2 Å². The van der Waals surface area contributed by atoms with Crippen LogP contribution >= 0.6 is 0 Å². The van der Waals surface area contributed by atoms with E-state index in [9.17, 15) is 4.79 Å². The number of ether oxygens (including phenoxy) is 4. The van der Waals surface area contributed by atoms with Crippen molar-refractivity contribution in [3.63, 3.8) is 0 Å². The number of methoxy groups -OCH3 is 2. The molecule has 0 atom stereocenters. The third-order valence-corrected chi connectivity index (χ3v) is 3.42. The third kappa shape index (κ3) is 5.56. The summed E-state index contributed by atoms with van der Waals surface area (Å²) in [7, 11) is 3.12. The molecule has 0 aromatic heterocycles. The van der Waals surface area contributed by atoms with Gasteiger partial charge in [0.25, 0.3) is 0 Å². The van der Waals surface area contributed by atoms with Gasteiger partial charge in [0.15, 0.2) is 0 Å². The monoisotopic (exact) mass is 353 g/mol. The van der Waals surface area contributed by atoms with Crippen LogP contribution in [0.1, 0.15) is 11.1 Å². The van der Waals surface area contributed by atoms with Crippen LogP contribution in [0, 0.1) is 11.3 Å². The van der Waals surface area contributed by atoms with E-state index in [0.29, 0.717) is 28.4 Å². The van der Waals surface area contributed by atoms with Gasteiger partial charge in [-0.2, -0.15) is 5.26 Å². The Morgan fingerprint density at radius 1 is 1.04 bits per heavy atom. The third-order valence-electron chi connectivity index (χ3n) is 3.42. The smallest absolute Gasteiger partial charge is 0.330 e. The average molecular weight is 353 g/mol. The van der Waals surface area contributed by atoms with Gasteiger partial charge < -0.3 is 18.9 Å². The molecular weight excluding hydrogens is 334 g/mol. The lowest BCUT2D eigenvalue weighted by Gasteiger charge is -2.07. The average Bonchev–Trinajstić information content (AvgIpc) is 2.69. The predicted octanol–water partition coefficient (Wildman–Crippen LogP) is 3.21. The molecule has 0 amide bonds. The van der Waals surface area contributed by atoms with Crippen molar-refractivity contribution >= 4 is 12.0 Å². The summed E-state index contributed by atoms with van der Waals surface area (Å²) in [5.74, 6) is 1.41. The Morgan fingerprint density at radius 3 is 2.42 bits per heavy atom. The van der Waals surface area contributed by atoms with E-state index in [1.165, 1.54) is 6.08 Å². The largest absolute Gasteiger partial charge is 0.497 e. The van der Waals surface area contributed by atoms with Crippen LogP contribution in [0.25, 0.3) is 6.08 Å². The molecule has 2 aromatic carbocycles. The second kappa shape index (κ2) is 9.74. The molecule has 0 N–H and O–H groups in total. The van der Waals surface area contributed by atoms with Crippen molar-refractivity contribution in [3.8, 4) is 23.3 Å². The maximum absolute atomic E-state index is 11.8. The second-order valence-corrected chi connectivity index (χ2v) is 5.09. The van der Waals surface area contributed by atoms with Gasteiger partial charge in [-0.3, -0.25) is 0 Å². The Balaban J connectivity index is 1.81. The van der Waals surface area contributed by atoms with Gasteiger partial charge in [-0.1, -0.05) is 0 Å². The Morgan fingerprint density at radius 2 is 1.77 bits per heavy atom. The van der Waals surface area contributed by atoms with Crippen molar-refractivity contribution in [2.75, 3.05) is 27.4 Å². The lowest BCUT2D eigenvalue weighted by molar-refractivity contribution is -0.138. The van der Waals surface area contributed by atoms with Crippen LogP contribution in [0.5, 0.6) is 17.2 Å². The van der Waals surface area contributed by atoms with Crippen LogP contribution in [0.3, 0.4) is 0 Å². The minimum atomic E-state index is -0.488. The number of hydrogen-bond donors (Lipinski definition) is 0. The van der Waals surface area contributed by atoms with Gasteiger partial charge in [0.05, 0.1) is 25.9 Å². The zero-order valence-corrected chi connectivity index (χ0v) is 14.6. The SMILES string of the molecule is COc1ccc(OC)c(/C=C/C(=O)OCCOc2ccc(C#N)cc2)c1. The fraction of sp³-hybridized carbons (Fsp3) is 0.200. The van der Waals surface area contributed by atoms with Crippen molar-refractivity contribution in [1.29, 1.82) is 5.26 Å². The van der Waals surface area contributed by atoms with Gasteiger partial charge in [-0.25, -0.2) is 4.79 Å². The van der Waals surface area contributed by atoms with Crippen molar-refractivity contribution in [2.24, 2.45) is 0 Å². The number of carbonyl (C=O) groups excluding carboxylic acids is 1. The van der Waals surface area contributed by atoms with E-state index in [0.717, 1.165) is 0 Å². The summed E-state index contributed by atoms with van der Waals surface area (Å²) in [6.07, 6.45) is 2.92. The number of carbonyl (C=O) groups is 1. The molecule has 6 heteroatoms. The molecule has 134 valence electrons. The highest BCUT2D eigenvalue weighted by molar-refractivity contribution is 5.87. The number of hydrogen-bond acceptors (Lipinski definition) is 6. The number of benzene rings is 2. The van der Waals surface area contributed by atoms with Gasteiger partial charge in [-0.05, 0) is 48.5 Å². The highest BCUT2D eigenvalue weighted by atomic mass is 16.6. The number of nitriles is 1. The highest BCUT2D eigenvalue weighted by Crippen LogP contribution is 2.25. The van der Waals surface area contributed by atoms with E-state index in [-0.39, 0.29) is 13.2 Å². The molecule has 0 aliphatic carbocycles. The van der Waals surface area contributed by atoms with Gasteiger partial charge >= 0.3 is 5.97 Å². The number of nitrogens with zero attached hydrogens (tertiary/aromatic N) is 1. The quantitative estimate of drug-likeness (QED) is 0.412.